The molecule has 0 aromatic rings. The van der Waals surface area contributed by atoms with Crippen molar-refractivity contribution in [2.75, 3.05) is 13.6 Å². The van der Waals surface area contributed by atoms with Gasteiger partial charge in [-0.2, -0.15) is 0 Å². The summed E-state index contributed by atoms with van der Waals surface area (Å²) in [5.41, 5.74) is -0.609. The molecule has 1 atom stereocenters. The highest BCUT2D eigenvalue weighted by Crippen LogP contribution is 2.36. The van der Waals surface area contributed by atoms with Crippen LogP contribution in [0.2, 0.25) is 0 Å². The molecule has 0 bridgehead atoms. The highest BCUT2D eigenvalue weighted by Gasteiger charge is 2.43. The van der Waals surface area contributed by atoms with Gasteiger partial charge in [-0.3, -0.25) is 9.59 Å². The lowest BCUT2D eigenvalue weighted by atomic mass is 9.80. The van der Waals surface area contributed by atoms with Crippen LogP contribution < -0.4 is 5.32 Å². The maximum absolute atomic E-state index is 13.2. The second-order valence-corrected chi connectivity index (χ2v) is 6.34. The zero-order valence-corrected chi connectivity index (χ0v) is 12.0. The molecule has 1 saturated heterocycles. The Labute approximate surface area is 117 Å². The average Bonchev–Trinajstić information content (AvgIpc) is 2.41. The zero-order valence-electron chi connectivity index (χ0n) is 12.0. The molecule has 0 aromatic heterocycles. The van der Waals surface area contributed by atoms with Crippen LogP contribution >= 0.6 is 0 Å². The monoisotopic (exact) mass is 288 g/mol. The van der Waals surface area contributed by atoms with E-state index in [2.05, 4.69) is 5.32 Å². The molecule has 1 aliphatic heterocycles. The van der Waals surface area contributed by atoms with Crippen molar-refractivity contribution in [1.82, 2.24) is 10.2 Å². The Morgan fingerprint density at radius 1 is 1.30 bits per heavy atom. The standard InChI is InChI=1S/C14H22F2N2O2/c1-13(6-5-11(19)17-9-13)12(20)18(2)10-3-7-14(15,16)8-4-10/h10H,3-9H2,1-2H3,(H,17,19). The molecule has 2 fully saturated rings. The molecule has 4 nitrogen and oxygen atoms in total. The summed E-state index contributed by atoms with van der Waals surface area (Å²) >= 11 is 0. The minimum Gasteiger partial charge on any atom is -0.355 e. The first-order valence-corrected chi connectivity index (χ1v) is 7.15. The summed E-state index contributed by atoms with van der Waals surface area (Å²) in [5, 5.41) is 2.72. The van der Waals surface area contributed by atoms with Gasteiger partial charge in [0.05, 0.1) is 5.41 Å². The van der Waals surface area contributed by atoms with E-state index in [1.807, 2.05) is 6.92 Å². The number of carbonyl (C=O) groups excluding carboxylic acids is 2. The third-order valence-electron chi connectivity index (χ3n) is 4.65. The fourth-order valence-electron chi connectivity index (χ4n) is 3.05. The van der Waals surface area contributed by atoms with Crippen LogP contribution in [-0.2, 0) is 9.59 Å². The van der Waals surface area contributed by atoms with Crippen molar-refractivity contribution < 1.29 is 18.4 Å². The average molecular weight is 288 g/mol. The van der Waals surface area contributed by atoms with Crippen molar-refractivity contribution in [1.29, 1.82) is 0 Å². The molecule has 6 heteroatoms. The van der Waals surface area contributed by atoms with Gasteiger partial charge < -0.3 is 10.2 Å². The molecule has 114 valence electrons. The molecule has 0 spiro atoms. The number of nitrogens with zero attached hydrogens (tertiary/aromatic N) is 1. The number of carbonyl (C=O) groups is 2. The van der Waals surface area contributed by atoms with Crippen molar-refractivity contribution in [2.45, 2.75) is 57.4 Å². The summed E-state index contributed by atoms with van der Waals surface area (Å²) in [5.74, 6) is -2.66. The molecule has 1 heterocycles. The predicted molar refractivity (Wildman–Crippen MR) is 70.3 cm³/mol. The highest BCUT2D eigenvalue weighted by atomic mass is 19.3. The Kier molecular flexibility index (Phi) is 4.02. The number of nitrogens with one attached hydrogen (secondary N) is 1. The van der Waals surface area contributed by atoms with E-state index in [1.54, 1.807) is 11.9 Å². The first-order valence-electron chi connectivity index (χ1n) is 7.15. The summed E-state index contributed by atoms with van der Waals surface area (Å²) in [6.07, 6.45) is 1.25. The Balaban J connectivity index is 1.97. The van der Waals surface area contributed by atoms with E-state index in [9.17, 15) is 18.4 Å². The van der Waals surface area contributed by atoms with Gasteiger partial charge in [-0.25, -0.2) is 8.78 Å². The lowest BCUT2D eigenvalue weighted by molar-refractivity contribution is -0.147. The highest BCUT2D eigenvalue weighted by molar-refractivity contribution is 5.86. The van der Waals surface area contributed by atoms with E-state index in [-0.39, 0.29) is 30.7 Å². The fourth-order valence-corrected chi connectivity index (χ4v) is 3.05. The number of amides is 2. The molecule has 2 amide bonds. The van der Waals surface area contributed by atoms with Crippen molar-refractivity contribution in [2.24, 2.45) is 5.41 Å². The number of rotatable bonds is 2. The van der Waals surface area contributed by atoms with Crippen LogP contribution in [0, 0.1) is 5.41 Å². The third-order valence-corrected chi connectivity index (χ3v) is 4.65. The molecular formula is C14H22F2N2O2. The van der Waals surface area contributed by atoms with Crippen LogP contribution in [-0.4, -0.2) is 42.3 Å². The van der Waals surface area contributed by atoms with Crippen molar-refractivity contribution in [3.63, 3.8) is 0 Å². The van der Waals surface area contributed by atoms with E-state index in [1.165, 1.54) is 0 Å². The van der Waals surface area contributed by atoms with Gasteiger partial charge in [0, 0.05) is 38.9 Å². The Bertz CT molecular complexity index is 392. The van der Waals surface area contributed by atoms with Crippen LogP contribution in [0.3, 0.4) is 0 Å². The van der Waals surface area contributed by atoms with Gasteiger partial charge in [0.25, 0.3) is 0 Å². The van der Waals surface area contributed by atoms with Crippen molar-refractivity contribution >= 4 is 11.8 Å². The van der Waals surface area contributed by atoms with Crippen LogP contribution in [0.4, 0.5) is 8.78 Å². The van der Waals surface area contributed by atoms with Gasteiger partial charge in [-0.1, -0.05) is 0 Å². The molecule has 0 aromatic carbocycles. The molecular weight excluding hydrogens is 266 g/mol. The van der Waals surface area contributed by atoms with Gasteiger partial charge in [0.2, 0.25) is 17.7 Å². The van der Waals surface area contributed by atoms with Gasteiger partial charge in [0.15, 0.2) is 0 Å². The zero-order chi connectivity index (χ0) is 15.0. The fraction of sp³-hybridized carbons (Fsp3) is 0.857. The van der Waals surface area contributed by atoms with Gasteiger partial charge in [-0.15, -0.1) is 0 Å². The summed E-state index contributed by atoms with van der Waals surface area (Å²) < 4.78 is 26.3. The molecule has 2 aliphatic rings. The topological polar surface area (TPSA) is 49.4 Å². The van der Waals surface area contributed by atoms with E-state index in [0.29, 0.717) is 32.2 Å². The van der Waals surface area contributed by atoms with Crippen molar-refractivity contribution in [3.8, 4) is 0 Å². The van der Waals surface area contributed by atoms with E-state index >= 15 is 0 Å². The maximum Gasteiger partial charge on any atom is 0.248 e. The third kappa shape index (κ3) is 3.10. The lowest BCUT2D eigenvalue weighted by Gasteiger charge is -2.41. The van der Waals surface area contributed by atoms with E-state index in [0.717, 1.165) is 0 Å². The molecule has 1 aliphatic carbocycles. The van der Waals surface area contributed by atoms with Crippen LogP contribution in [0.15, 0.2) is 0 Å². The Hall–Kier alpha value is -1.20. The van der Waals surface area contributed by atoms with Crippen LogP contribution in [0.25, 0.3) is 0 Å². The SMILES string of the molecule is CN(C(=O)C1(C)CCC(=O)NC1)C1CCC(F)(F)CC1. The maximum atomic E-state index is 13.2. The van der Waals surface area contributed by atoms with Gasteiger partial charge in [0.1, 0.15) is 0 Å². The summed E-state index contributed by atoms with van der Waals surface area (Å²) in [7, 11) is 1.69. The van der Waals surface area contributed by atoms with Crippen molar-refractivity contribution in [3.05, 3.63) is 0 Å². The number of hydrogen-bond donors (Lipinski definition) is 1. The molecule has 0 radical (unpaired) electrons. The minimum absolute atomic E-state index is 0.0322. The number of piperidine rings is 1. The largest absolute Gasteiger partial charge is 0.355 e. The molecule has 1 saturated carbocycles. The first kappa shape index (κ1) is 15.2. The molecule has 1 unspecified atom stereocenters. The smallest absolute Gasteiger partial charge is 0.248 e. The van der Waals surface area contributed by atoms with E-state index < -0.39 is 11.3 Å². The second kappa shape index (κ2) is 5.30. The lowest BCUT2D eigenvalue weighted by Crippen LogP contribution is -2.53. The van der Waals surface area contributed by atoms with Gasteiger partial charge in [-0.05, 0) is 26.2 Å². The minimum atomic E-state index is -2.58. The molecule has 1 N–H and O–H groups in total. The number of halogens is 2. The summed E-state index contributed by atoms with van der Waals surface area (Å²) in [4.78, 5) is 25.4. The van der Waals surface area contributed by atoms with Crippen LogP contribution in [0.5, 0.6) is 0 Å². The number of alkyl halides is 2. The summed E-state index contributed by atoms with van der Waals surface area (Å²) in [6.45, 7) is 2.17. The first-order chi connectivity index (χ1) is 9.23. The Morgan fingerprint density at radius 2 is 1.90 bits per heavy atom. The molecule has 20 heavy (non-hydrogen) atoms. The Morgan fingerprint density at radius 3 is 2.40 bits per heavy atom. The van der Waals surface area contributed by atoms with Crippen LogP contribution in [0.1, 0.15) is 45.4 Å². The number of hydrogen-bond acceptors (Lipinski definition) is 2. The summed E-state index contributed by atoms with van der Waals surface area (Å²) in [6, 6.07) is -0.114. The predicted octanol–water partition coefficient (Wildman–Crippen LogP) is 1.94. The quantitative estimate of drug-likeness (QED) is 0.844. The van der Waals surface area contributed by atoms with Gasteiger partial charge >= 0.3 is 0 Å². The molecule has 2 rings (SSSR count). The second-order valence-electron chi connectivity index (χ2n) is 6.34. The normalized spacial score (nSPS) is 30.7. The van der Waals surface area contributed by atoms with E-state index in [4.69, 9.17) is 0 Å².